The van der Waals surface area contributed by atoms with Gasteiger partial charge in [0.1, 0.15) is 0 Å². The Balaban J connectivity index is 0.00000200. The molecular weight excluding hydrogens is 309 g/mol. The van der Waals surface area contributed by atoms with Gasteiger partial charge in [-0.2, -0.15) is 0 Å². The molecule has 1 saturated heterocycles. The minimum Gasteiger partial charge on any atom is -0.337 e. The van der Waals surface area contributed by atoms with E-state index < -0.39 is 0 Å². The monoisotopic (exact) mass is 333 g/mol. The molecule has 1 amide bonds. The van der Waals surface area contributed by atoms with Gasteiger partial charge in [0.2, 0.25) is 5.91 Å². The molecule has 0 aliphatic carbocycles. The van der Waals surface area contributed by atoms with E-state index in [0.717, 1.165) is 38.2 Å². The Bertz CT molecular complexity index is 397. The Morgan fingerprint density at radius 1 is 1.33 bits per heavy atom. The number of pyridine rings is 1. The van der Waals surface area contributed by atoms with Gasteiger partial charge in [0.05, 0.1) is 12.2 Å². The molecule has 0 aromatic carbocycles. The largest absolute Gasteiger partial charge is 0.337 e. The molecule has 1 aromatic rings. The fraction of sp³-hybridized carbons (Fsp3) is 0.600. The van der Waals surface area contributed by atoms with Crippen LogP contribution in [0.2, 0.25) is 0 Å². The number of carbonyl (C=O) groups excluding carboxylic acids is 1. The summed E-state index contributed by atoms with van der Waals surface area (Å²) in [5, 5.41) is 3.34. The fourth-order valence-corrected chi connectivity index (χ4v) is 2.53. The highest BCUT2D eigenvalue weighted by atomic mass is 35.5. The van der Waals surface area contributed by atoms with Crippen LogP contribution in [0.1, 0.15) is 31.9 Å². The Hall–Kier alpha value is -0.840. The number of hydrogen-bond donors (Lipinski definition) is 1. The van der Waals surface area contributed by atoms with Crippen LogP contribution in [0.4, 0.5) is 0 Å². The molecule has 1 N–H and O–H groups in total. The minimum atomic E-state index is 0. The number of amides is 1. The zero-order valence-corrected chi connectivity index (χ0v) is 14.1. The summed E-state index contributed by atoms with van der Waals surface area (Å²) in [4.78, 5) is 18.5. The number of nitrogens with one attached hydrogen (secondary N) is 1. The maximum Gasteiger partial charge on any atom is 0.223 e. The third-order valence-electron chi connectivity index (χ3n) is 3.74. The van der Waals surface area contributed by atoms with Crippen molar-refractivity contribution in [1.29, 1.82) is 0 Å². The second kappa shape index (κ2) is 10.8. The highest BCUT2D eigenvalue weighted by Crippen LogP contribution is 2.17. The number of nitrogens with zero attached hydrogens (tertiary/aromatic N) is 2. The number of piperidine rings is 1. The number of carbonyl (C=O) groups is 1. The van der Waals surface area contributed by atoms with E-state index in [1.54, 1.807) is 6.20 Å². The van der Waals surface area contributed by atoms with Gasteiger partial charge in [0, 0.05) is 19.2 Å². The molecule has 120 valence electrons. The van der Waals surface area contributed by atoms with Gasteiger partial charge in [-0.15, -0.1) is 24.8 Å². The Morgan fingerprint density at radius 3 is 2.62 bits per heavy atom. The van der Waals surface area contributed by atoms with E-state index in [0.29, 0.717) is 18.9 Å². The topological polar surface area (TPSA) is 45.2 Å². The molecular formula is C15H25Cl2N3O. The predicted octanol–water partition coefficient (Wildman–Crippen LogP) is 2.66. The first kappa shape index (κ1) is 20.2. The molecule has 0 radical (unpaired) electrons. The lowest BCUT2D eigenvalue weighted by Crippen LogP contribution is -2.35. The molecule has 1 aliphatic rings. The van der Waals surface area contributed by atoms with Crippen molar-refractivity contribution in [3.63, 3.8) is 0 Å². The number of rotatable bonds is 5. The lowest BCUT2D eigenvalue weighted by atomic mass is 9.94. The van der Waals surface area contributed by atoms with Gasteiger partial charge in [-0.1, -0.05) is 6.07 Å². The molecule has 0 unspecified atom stereocenters. The molecule has 2 rings (SSSR count). The molecule has 2 heterocycles. The second-order valence-electron chi connectivity index (χ2n) is 5.13. The van der Waals surface area contributed by atoms with Gasteiger partial charge in [0.25, 0.3) is 0 Å². The zero-order chi connectivity index (χ0) is 13.5. The molecule has 21 heavy (non-hydrogen) atoms. The average molecular weight is 334 g/mol. The van der Waals surface area contributed by atoms with Crippen LogP contribution in [0.15, 0.2) is 24.4 Å². The number of halogens is 2. The minimum absolute atomic E-state index is 0. The summed E-state index contributed by atoms with van der Waals surface area (Å²) < 4.78 is 0. The molecule has 1 aliphatic heterocycles. The SMILES string of the molecule is CCN(Cc1ccccn1)C(=O)CC1CCNCC1.Cl.Cl. The summed E-state index contributed by atoms with van der Waals surface area (Å²) in [5.74, 6) is 0.812. The average Bonchev–Trinajstić information content (AvgIpc) is 2.47. The molecule has 1 aromatic heterocycles. The summed E-state index contributed by atoms with van der Waals surface area (Å²) in [6, 6.07) is 5.84. The van der Waals surface area contributed by atoms with Gasteiger partial charge in [0.15, 0.2) is 0 Å². The molecule has 6 heteroatoms. The van der Waals surface area contributed by atoms with Crippen molar-refractivity contribution in [1.82, 2.24) is 15.2 Å². The summed E-state index contributed by atoms with van der Waals surface area (Å²) in [6.45, 7) is 5.50. The first-order valence-corrected chi connectivity index (χ1v) is 7.18. The van der Waals surface area contributed by atoms with Crippen molar-refractivity contribution in [2.45, 2.75) is 32.7 Å². The van der Waals surface area contributed by atoms with Crippen molar-refractivity contribution >= 4 is 30.7 Å². The van der Waals surface area contributed by atoms with E-state index in [4.69, 9.17) is 0 Å². The van der Waals surface area contributed by atoms with E-state index in [-0.39, 0.29) is 30.7 Å². The van der Waals surface area contributed by atoms with Crippen LogP contribution in [-0.4, -0.2) is 35.4 Å². The zero-order valence-electron chi connectivity index (χ0n) is 12.5. The van der Waals surface area contributed by atoms with E-state index in [9.17, 15) is 4.79 Å². The quantitative estimate of drug-likeness (QED) is 0.900. The van der Waals surface area contributed by atoms with Gasteiger partial charge in [-0.3, -0.25) is 9.78 Å². The van der Waals surface area contributed by atoms with E-state index in [1.807, 2.05) is 30.0 Å². The van der Waals surface area contributed by atoms with Crippen molar-refractivity contribution in [2.75, 3.05) is 19.6 Å². The first-order valence-electron chi connectivity index (χ1n) is 7.18. The molecule has 0 saturated carbocycles. The van der Waals surface area contributed by atoms with Crippen LogP contribution in [0.25, 0.3) is 0 Å². The van der Waals surface area contributed by atoms with E-state index in [1.165, 1.54) is 0 Å². The molecule has 4 nitrogen and oxygen atoms in total. The van der Waals surface area contributed by atoms with Crippen LogP contribution < -0.4 is 5.32 Å². The lowest BCUT2D eigenvalue weighted by Gasteiger charge is -2.26. The van der Waals surface area contributed by atoms with Crippen LogP contribution in [0.5, 0.6) is 0 Å². The second-order valence-corrected chi connectivity index (χ2v) is 5.13. The third-order valence-corrected chi connectivity index (χ3v) is 3.74. The summed E-state index contributed by atoms with van der Waals surface area (Å²) in [7, 11) is 0. The smallest absolute Gasteiger partial charge is 0.223 e. The molecule has 0 bridgehead atoms. The van der Waals surface area contributed by atoms with Crippen molar-refractivity contribution in [3.05, 3.63) is 30.1 Å². The first-order chi connectivity index (χ1) is 9.29. The van der Waals surface area contributed by atoms with Crippen LogP contribution in [-0.2, 0) is 11.3 Å². The Kier molecular flexibility index (Phi) is 10.4. The van der Waals surface area contributed by atoms with Crippen molar-refractivity contribution < 1.29 is 4.79 Å². The summed E-state index contributed by atoms with van der Waals surface area (Å²) in [6.07, 6.45) is 4.70. The number of hydrogen-bond acceptors (Lipinski definition) is 3. The fourth-order valence-electron chi connectivity index (χ4n) is 2.53. The highest BCUT2D eigenvalue weighted by Gasteiger charge is 2.20. The van der Waals surface area contributed by atoms with Gasteiger partial charge < -0.3 is 10.2 Å². The number of aromatic nitrogens is 1. The van der Waals surface area contributed by atoms with Crippen LogP contribution >= 0.6 is 24.8 Å². The maximum absolute atomic E-state index is 12.3. The van der Waals surface area contributed by atoms with Crippen LogP contribution in [0, 0.1) is 5.92 Å². The molecule has 1 fully saturated rings. The van der Waals surface area contributed by atoms with E-state index in [2.05, 4.69) is 10.3 Å². The molecule has 0 atom stereocenters. The highest BCUT2D eigenvalue weighted by molar-refractivity contribution is 5.85. The summed E-state index contributed by atoms with van der Waals surface area (Å²) in [5.41, 5.74) is 0.961. The maximum atomic E-state index is 12.3. The van der Waals surface area contributed by atoms with Gasteiger partial charge >= 0.3 is 0 Å². The van der Waals surface area contributed by atoms with Crippen molar-refractivity contribution in [2.24, 2.45) is 5.92 Å². The third kappa shape index (κ3) is 6.64. The standard InChI is InChI=1S/C15H23N3O.2ClH/c1-2-18(12-14-5-3-4-8-17-14)15(19)11-13-6-9-16-10-7-13;;/h3-5,8,13,16H,2,6-7,9-12H2,1H3;2*1H. The normalized spacial score (nSPS) is 14.7. The summed E-state index contributed by atoms with van der Waals surface area (Å²) >= 11 is 0. The van der Waals surface area contributed by atoms with Crippen LogP contribution in [0.3, 0.4) is 0 Å². The Labute approximate surface area is 139 Å². The lowest BCUT2D eigenvalue weighted by molar-refractivity contribution is -0.132. The molecule has 0 spiro atoms. The van der Waals surface area contributed by atoms with Crippen molar-refractivity contribution in [3.8, 4) is 0 Å². The van der Waals surface area contributed by atoms with Gasteiger partial charge in [-0.05, 0) is 50.9 Å². The van der Waals surface area contributed by atoms with Gasteiger partial charge in [-0.25, -0.2) is 0 Å². The predicted molar refractivity (Wildman–Crippen MR) is 90.0 cm³/mol. The van der Waals surface area contributed by atoms with E-state index >= 15 is 0 Å². The Morgan fingerprint density at radius 2 is 2.05 bits per heavy atom.